The summed E-state index contributed by atoms with van der Waals surface area (Å²) in [6.45, 7) is 7.13. The number of nitrogens with two attached hydrogens (primary N) is 1. The first-order valence-electron chi connectivity index (χ1n) is 8.43. The van der Waals surface area contributed by atoms with Crippen LogP contribution < -0.4 is 16.6 Å². The fraction of sp³-hybridized carbons (Fsp3) is 0.500. The number of urea groups is 1. The minimum absolute atomic E-state index is 0.0104. The van der Waals surface area contributed by atoms with Gasteiger partial charge in [0.2, 0.25) is 5.91 Å². The van der Waals surface area contributed by atoms with Gasteiger partial charge >= 0.3 is 6.03 Å². The number of rotatable bonds is 2. The molecule has 1 aromatic carbocycles. The summed E-state index contributed by atoms with van der Waals surface area (Å²) in [5, 5.41) is 0. The van der Waals surface area contributed by atoms with E-state index in [-0.39, 0.29) is 29.7 Å². The standard InChI is InChI=1S/C18H26N4O3/c1-18(2,3)14-8-6-12(7-9-14)15(23)20-21-16(24)13-5-4-10-22(11-13)17(19)25/h6-9,13H,4-5,10-11H2,1-3H3,(H2,19,25)(H,20,23)(H,21,24)/t13-/m1/s1. The van der Waals surface area contributed by atoms with E-state index in [0.717, 1.165) is 5.56 Å². The highest BCUT2D eigenvalue weighted by Gasteiger charge is 2.27. The van der Waals surface area contributed by atoms with E-state index >= 15 is 0 Å². The van der Waals surface area contributed by atoms with E-state index in [9.17, 15) is 14.4 Å². The highest BCUT2D eigenvalue weighted by molar-refractivity contribution is 5.95. The molecule has 0 saturated carbocycles. The number of hydrazine groups is 1. The lowest BCUT2D eigenvalue weighted by molar-refractivity contribution is -0.127. The monoisotopic (exact) mass is 346 g/mol. The number of piperidine rings is 1. The molecule has 136 valence electrons. The van der Waals surface area contributed by atoms with Crippen LogP contribution in [-0.2, 0) is 10.2 Å². The number of nitrogens with one attached hydrogen (secondary N) is 2. The highest BCUT2D eigenvalue weighted by atomic mass is 16.2. The maximum Gasteiger partial charge on any atom is 0.314 e. The first kappa shape index (κ1) is 18.8. The lowest BCUT2D eigenvalue weighted by Crippen LogP contribution is -2.50. The Morgan fingerprint density at radius 1 is 1.12 bits per heavy atom. The normalized spacial score (nSPS) is 17.7. The number of carbonyl (C=O) groups excluding carboxylic acids is 3. The van der Waals surface area contributed by atoms with Crippen molar-refractivity contribution in [2.75, 3.05) is 13.1 Å². The minimum atomic E-state index is -0.527. The number of amides is 4. The van der Waals surface area contributed by atoms with E-state index in [4.69, 9.17) is 5.73 Å². The second kappa shape index (κ2) is 7.55. The zero-order chi connectivity index (χ0) is 18.6. The SMILES string of the molecule is CC(C)(C)c1ccc(C(=O)NNC(=O)[C@@H]2CCCN(C(N)=O)C2)cc1. The molecule has 0 aliphatic carbocycles. The number of benzene rings is 1. The number of nitrogens with zero attached hydrogens (tertiary/aromatic N) is 1. The molecule has 1 saturated heterocycles. The van der Waals surface area contributed by atoms with Gasteiger partial charge in [-0.15, -0.1) is 0 Å². The van der Waals surface area contributed by atoms with Gasteiger partial charge in [-0.3, -0.25) is 20.4 Å². The molecule has 0 radical (unpaired) electrons. The molecule has 4 amide bonds. The molecule has 1 aliphatic heterocycles. The largest absolute Gasteiger partial charge is 0.351 e. The van der Waals surface area contributed by atoms with Crippen LogP contribution in [0.2, 0.25) is 0 Å². The van der Waals surface area contributed by atoms with Crippen LogP contribution in [0, 0.1) is 5.92 Å². The maximum atomic E-state index is 12.2. The molecule has 0 bridgehead atoms. The molecule has 1 aliphatic rings. The van der Waals surface area contributed by atoms with Gasteiger partial charge < -0.3 is 10.6 Å². The first-order chi connectivity index (χ1) is 11.7. The molecule has 2 rings (SSSR count). The van der Waals surface area contributed by atoms with Crippen molar-refractivity contribution >= 4 is 17.8 Å². The van der Waals surface area contributed by atoms with E-state index in [1.54, 1.807) is 12.1 Å². The molecule has 0 aromatic heterocycles. The van der Waals surface area contributed by atoms with Crippen molar-refractivity contribution in [1.29, 1.82) is 0 Å². The summed E-state index contributed by atoms with van der Waals surface area (Å²) in [7, 11) is 0. The Morgan fingerprint density at radius 3 is 2.32 bits per heavy atom. The highest BCUT2D eigenvalue weighted by Crippen LogP contribution is 2.22. The van der Waals surface area contributed by atoms with Crippen LogP contribution in [0.15, 0.2) is 24.3 Å². The lowest BCUT2D eigenvalue weighted by Gasteiger charge is -2.30. The van der Waals surface area contributed by atoms with E-state index in [1.807, 2.05) is 12.1 Å². The van der Waals surface area contributed by atoms with Gasteiger partial charge in [0.25, 0.3) is 5.91 Å². The molecule has 1 aromatic rings. The topological polar surface area (TPSA) is 105 Å². The van der Waals surface area contributed by atoms with Crippen molar-refractivity contribution in [2.45, 2.75) is 39.0 Å². The number of hydrogen-bond acceptors (Lipinski definition) is 3. The summed E-state index contributed by atoms with van der Waals surface area (Å²) in [6, 6.07) is 6.75. The number of carbonyl (C=O) groups is 3. The van der Waals surface area contributed by atoms with Crippen LogP contribution in [-0.4, -0.2) is 35.8 Å². The molecular weight excluding hydrogens is 320 g/mol. The zero-order valence-electron chi connectivity index (χ0n) is 15.0. The van der Waals surface area contributed by atoms with Gasteiger partial charge in [0.15, 0.2) is 0 Å². The van der Waals surface area contributed by atoms with Crippen LogP contribution in [0.25, 0.3) is 0 Å². The molecule has 1 fully saturated rings. The van der Waals surface area contributed by atoms with Crippen LogP contribution in [0.5, 0.6) is 0 Å². The van der Waals surface area contributed by atoms with Crippen LogP contribution >= 0.6 is 0 Å². The Balaban J connectivity index is 1.89. The molecule has 1 heterocycles. The van der Waals surface area contributed by atoms with Crippen LogP contribution in [0.1, 0.15) is 49.5 Å². The Bertz CT molecular complexity index is 649. The third-order valence-electron chi connectivity index (χ3n) is 4.42. The van der Waals surface area contributed by atoms with Gasteiger partial charge in [0, 0.05) is 18.7 Å². The molecular formula is C18H26N4O3. The number of hydrogen-bond donors (Lipinski definition) is 3. The predicted molar refractivity (Wildman–Crippen MR) is 94.6 cm³/mol. The van der Waals surface area contributed by atoms with Gasteiger partial charge in [-0.2, -0.15) is 0 Å². The van der Waals surface area contributed by atoms with Gasteiger partial charge in [-0.25, -0.2) is 4.79 Å². The van der Waals surface area contributed by atoms with Crippen LogP contribution in [0.3, 0.4) is 0 Å². The fourth-order valence-electron chi connectivity index (χ4n) is 2.81. The first-order valence-corrected chi connectivity index (χ1v) is 8.43. The Hall–Kier alpha value is -2.57. The van der Waals surface area contributed by atoms with E-state index in [2.05, 4.69) is 31.6 Å². The van der Waals surface area contributed by atoms with E-state index in [0.29, 0.717) is 24.9 Å². The molecule has 25 heavy (non-hydrogen) atoms. The van der Waals surface area contributed by atoms with Crippen molar-refractivity contribution in [3.05, 3.63) is 35.4 Å². The van der Waals surface area contributed by atoms with Gasteiger partial charge in [0.1, 0.15) is 0 Å². The van der Waals surface area contributed by atoms with Crippen LogP contribution in [0.4, 0.5) is 4.79 Å². The minimum Gasteiger partial charge on any atom is -0.351 e. The average Bonchev–Trinajstić information content (AvgIpc) is 2.58. The smallest absolute Gasteiger partial charge is 0.314 e. The number of likely N-dealkylation sites (tertiary alicyclic amines) is 1. The van der Waals surface area contributed by atoms with Gasteiger partial charge in [0.05, 0.1) is 5.92 Å². The molecule has 7 heteroatoms. The van der Waals surface area contributed by atoms with E-state index < -0.39 is 6.03 Å². The second-order valence-electron chi connectivity index (χ2n) is 7.39. The molecule has 4 N–H and O–H groups in total. The van der Waals surface area contributed by atoms with E-state index in [1.165, 1.54) is 4.90 Å². The molecule has 7 nitrogen and oxygen atoms in total. The quantitative estimate of drug-likeness (QED) is 0.707. The Morgan fingerprint density at radius 2 is 1.76 bits per heavy atom. The lowest BCUT2D eigenvalue weighted by atomic mass is 9.87. The second-order valence-corrected chi connectivity index (χ2v) is 7.39. The summed E-state index contributed by atoms with van der Waals surface area (Å²) in [5.74, 6) is -1.06. The molecule has 0 unspecified atom stereocenters. The van der Waals surface area contributed by atoms with Gasteiger partial charge in [-0.05, 0) is 36.0 Å². The molecule has 0 spiro atoms. The van der Waals surface area contributed by atoms with Crippen molar-refractivity contribution < 1.29 is 14.4 Å². The average molecular weight is 346 g/mol. The molecule has 1 atom stereocenters. The zero-order valence-corrected chi connectivity index (χ0v) is 15.0. The van der Waals surface area contributed by atoms with Crippen molar-refractivity contribution in [1.82, 2.24) is 15.8 Å². The third-order valence-corrected chi connectivity index (χ3v) is 4.42. The Kier molecular flexibility index (Phi) is 5.66. The summed E-state index contributed by atoms with van der Waals surface area (Å²) in [4.78, 5) is 37.0. The summed E-state index contributed by atoms with van der Waals surface area (Å²) >= 11 is 0. The Labute approximate surface area is 147 Å². The van der Waals surface area contributed by atoms with Crippen molar-refractivity contribution in [3.63, 3.8) is 0 Å². The predicted octanol–water partition coefficient (Wildman–Crippen LogP) is 1.54. The van der Waals surface area contributed by atoms with Crippen molar-refractivity contribution in [3.8, 4) is 0 Å². The van der Waals surface area contributed by atoms with Crippen molar-refractivity contribution in [2.24, 2.45) is 11.7 Å². The fourth-order valence-corrected chi connectivity index (χ4v) is 2.81. The third kappa shape index (κ3) is 4.95. The number of primary amides is 1. The summed E-state index contributed by atoms with van der Waals surface area (Å²) in [5.41, 5.74) is 11.7. The van der Waals surface area contributed by atoms with Gasteiger partial charge in [-0.1, -0.05) is 32.9 Å². The summed E-state index contributed by atoms with van der Waals surface area (Å²) < 4.78 is 0. The maximum absolute atomic E-state index is 12.2. The summed E-state index contributed by atoms with van der Waals surface area (Å²) in [6.07, 6.45) is 1.37.